The lowest BCUT2D eigenvalue weighted by Gasteiger charge is -1.93. The van der Waals surface area contributed by atoms with Gasteiger partial charge < -0.3 is 10.4 Å². The highest BCUT2D eigenvalue weighted by Crippen LogP contribution is 2.29. The summed E-state index contributed by atoms with van der Waals surface area (Å²) < 4.78 is 0. The molecule has 0 aliphatic heterocycles. The highest BCUT2D eigenvalue weighted by Gasteiger charge is 2.20. The average molecular weight is 170 g/mol. The van der Waals surface area contributed by atoms with Crippen molar-refractivity contribution in [2.75, 3.05) is 0 Å². The zero-order chi connectivity index (χ0) is 8.84. The Hall–Kier alpha value is -1.57. The van der Waals surface area contributed by atoms with Crippen LogP contribution in [-0.4, -0.2) is 10.7 Å². The molecule has 1 aromatic carbocycles. The summed E-state index contributed by atoms with van der Waals surface area (Å²) in [7, 11) is 0. The van der Waals surface area contributed by atoms with Crippen molar-refractivity contribution < 1.29 is 0 Å². The Morgan fingerprint density at radius 1 is 1.15 bits per heavy atom. The summed E-state index contributed by atoms with van der Waals surface area (Å²) in [6.45, 7) is 0. The van der Waals surface area contributed by atoms with Gasteiger partial charge in [-0.2, -0.15) is 0 Å². The van der Waals surface area contributed by atoms with Gasteiger partial charge in [-0.25, -0.2) is 0 Å². The molecule has 1 heterocycles. The van der Waals surface area contributed by atoms with Crippen LogP contribution in [0.15, 0.2) is 24.3 Å². The van der Waals surface area contributed by atoms with Crippen LogP contribution in [0.4, 0.5) is 0 Å². The molecule has 0 saturated carbocycles. The van der Waals surface area contributed by atoms with Gasteiger partial charge in [-0.05, 0) is 18.9 Å². The monoisotopic (exact) mass is 170 g/mol. The molecule has 0 radical (unpaired) electrons. The second-order valence-corrected chi connectivity index (χ2v) is 3.50. The summed E-state index contributed by atoms with van der Waals surface area (Å²) in [5, 5.41) is 9.02. The molecule has 1 aliphatic carbocycles. The third kappa shape index (κ3) is 0.800. The van der Waals surface area contributed by atoms with Crippen molar-refractivity contribution in [3.8, 4) is 0 Å². The van der Waals surface area contributed by atoms with Gasteiger partial charge >= 0.3 is 0 Å². The lowest BCUT2D eigenvalue weighted by Crippen LogP contribution is -1.89. The van der Waals surface area contributed by atoms with Crippen molar-refractivity contribution in [1.29, 1.82) is 5.41 Å². The van der Waals surface area contributed by atoms with Gasteiger partial charge in [0.1, 0.15) is 0 Å². The summed E-state index contributed by atoms with van der Waals surface area (Å²) in [5.74, 6) is 0. The van der Waals surface area contributed by atoms with Crippen LogP contribution < -0.4 is 0 Å². The van der Waals surface area contributed by atoms with Gasteiger partial charge in [0.25, 0.3) is 0 Å². The SMILES string of the molecule is N=C1CCc2[nH]c3ccccc3c21. The predicted octanol–water partition coefficient (Wildman–Crippen LogP) is 2.48. The normalized spacial score (nSPS) is 15.2. The van der Waals surface area contributed by atoms with Crippen molar-refractivity contribution in [3.05, 3.63) is 35.5 Å². The van der Waals surface area contributed by atoms with E-state index in [0.29, 0.717) is 0 Å². The Labute approximate surface area is 76.1 Å². The molecule has 0 saturated heterocycles. The summed E-state index contributed by atoms with van der Waals surface area (Å²) in [5.41, 5.74) is 4.34. The maximum atomic E-state index is 7.81. The number of benzene rings is 1. The molecule has 1 aliphatic rings. The van der Waals surface area contributed by atoms with E-state index >= 15 is 0 Å². The summed E-state index contributed by atoms with van der Waals surface area (Å²) in [6, 6.07) is 8.21. The number of aromatic amines is 1. The van der Waals surface area contributed by atoms with Gasteiger partial charge in [0.05, 0.1) is 0 Å². The van der Waals surface area contributed by atoms with E-state index in [1.807, 2.05) is 12.1 Å². The highest BCUT2D eigenvalue weighted by atomic mass is 14.7. The smallest absolute Gasteiger partial charge is 0.0463 e. The molecule has 0 atom stereocenters. The van der Waals surface area contributed by atoms with Gasteiger partial charge in [0.2, 0.25) is 0 Å². The molecule has 0 amide bonds. The Morgan fingerprint density at radius 3 is 2.92 bits per heavy atom. The molecule has 13 heavy (non-hydrogen) atoms. The molecule has 2 N–H and O–H groups in total. The lowest BCUT2D eigenvalue weighted by molar-refractivity contribution is 1.04. The Kier molecular flexibility index (Phi) is 1.18. The Bertz CT molecular complexity index is 494. The van der Waals surface area contributed by atoms with E-state index in [2.05, 4.69) is 17.1 Å². The molecule has 64 valence electrons. The molecule has 0 unspecified atom stereocenters. The molecular weight excluding hydrogens is 160 g/mol. The minimum absolute atomic E-state index is 0.785. The van der Waals surface area contributed by atoms with E-state index in [1.165, 1.54) is 11.1 Å². The number of aromatic nitrogens is 1. The fraction of sp³-hybridized carbons (Fsp3) is 0.182. The van der Waals surface area contributed by atoms with Crippen LogP contribution in [0.25, 0.3) is 10.9 Å². The second-order valence-electron chi connectivity index (χ2n) is 3.50. The molecule has 2 nitrogen and oxygen atoms in total. The Balaban J connectivity index is 2.46. The largest absolute Gasteiger partial charge is 0.358 e. The first-order chi connectivity index (χ1) is 6.36. The first-order valence-corrected chi connectivity index (χ1v) is 4.53. The van der Waals surface area contributed by atoms with Gasteiger partial charge in [-0.15, -0.1) is 0 Å². The van der Waals surface area contributed by atoms with E-state index in [9.17, 15) is 0 Å². The molecule has 2 aromatic rings. The number of hydrogen-bond acceptors (Lipinski definition) is 1. The van der Waals surface area contributed by atoms with Crippen LogP contribution in [0, 0.1) is 5.41 Å². The van der Waals surface area contributed by atoms with Gasteiger partial charge in [0.15, 0.2) is 0 Å². The molecule has 0 spiro atoms. The highest BCUT2D eigenvalue weighted by molar-refractivity contribution is 6.12. The lowest BCUT2D eigenvalue weighted by atomic mass is 10.1. The quantitative estimate of drug-likeness (QED) is 0.609. The minimum Gasteiger partial charge on any atom is -0.358 e. The topological polar surface area (TPSA) is 39.6 Å². The van der Waals surface area contributed by atoms with Gasteiger partial charge in [-0.3, -0.25) is 0 Å². The fourth-order valence-corrected chi connectivity index (χ4v) is 2.10. The third-order valence-corrected chi connectivity index (χ3v) is 2.71. The standard InChI is InChI=1S/C11H10N2/c12-8-5-6-10-11(8)7-3-1-2-4-9(7)13-10/h1-4,12-13H,5-6H2. The van der Waals surface area contributed by atoms with Crippen LogP contribution in [-0.2, 0) is 6.42 Å². The van der Waals surface area contributed by atoms with Crippen LogP contribution in [0.5, 0.6) is 0 Å². The predicted molar refractivity (Wildman–Crippen MR) is 53.4 cm³/mol. The molecule has 2 heteroatoms. The van der Waals surface area contributed by atoms with Crippen molar-refractivity contribution in [3.63, 3.8) is 0 Å². The van der Waals surface area contributed by atoms with Crippen molar-refractivity contribution in [2.24, 2.45) is 0 Å². The number of hydrogen-bond donors (Lipinski definition) is 2. The first kappa shape index (κ1) is 6.89. The molecule has 0 bridgehead atoms. The number of fused-ring (bicyclic) bond motifs is 3. The molecular formula is C11H10N2. The van der Waals surface area contributed by atoms with Gasteiger partial charge in [0, 0.05) is 27.9 Å². The third-order valence-electron chi connectivity index (χ3n) is 2.71. The van der Waals surface area contributed by atoms with Crippen molar-refractivity contribution in [1.82, 2.24) is 4.98 Å². The Morgan fingerprint density at radius 2 is 2.00 bits per heavy atom. The number of aryl methyl sites for hydroxylation is 1. The zero-order valence-corrected chi connectivity index (χ0v) is 7.22. The maximum Gasteiger partial charge on any atom is 0.0463 e. The van der Waals surface area contributed by atoms with Crippen LogP contribution in [0.1, 0.15) is 17.7 Å². The van der Waals surface area contributed by atoms with E-state index < -0.39 is 0 Å². The fourth-order valence-electron chi connectivity index (χ4n) is 2.10. The summed E-state index contributed by atoms with van der Waals surface area (Å²) in [4.78, 5) is 3.37. The minimum atomic E-state index is 0.785. The van der Waals surface area contributed by atoms with Crippen LogP contribution in [0.2, 0.25) is 0 Å². The number of H-pyrrole nitrogens is 1. The van der Waals surface area contributed by atoms with Crippen LogP contribution >= 0.6 is 0 Å². The molecule has 0 fully saturated rings. The van der Waals surface area contributed by atoms with E-state index in [1.54, 1.807) is 0 Å². The van der Waals surface area contributed by atoms with E-state index in [0.717, 1.165) is 29.6 Å². The van der Waals surface area contributed by atoms with Crippen molar-refractivity contribution >= 4 is 16.6 Å². The van der Waals surface area contributed by atoms with Crippen LogP contribution in [0.3, 0.4) is 0 Å². The summed E-state index contributed by atoms with van der Waals surface area (Å²) >= 11 is 0. The van der Waals surface area contributed by atoms with Gasteiger partial charge in [-0.1, -0.05) is 18.2 Å². The average Bonchev–Trinajstić information content (AvgIpc) is 2.66. The molecule has 3 rings (SSSR count). The second kappa shape index (κ2) is 2.22. The van der Waals surface area contributed by atoms with E-state index in [4.69, 9.17) is 5.41 Å². The maximum absolute atomic E-state index is 7.81. The first-order valence-electron chi connectivity index (χ1n) is 4.53. The number of para-hydroxylation sites is 1. The summed E-state index contributed by atoms with van der Waals surface area (Å²) in [6.07, 6.45) is 1.90. The number of nitrogens with one attached hydrogen (secondary N) is 2. The molecule has 1 aromatic heterocycles. The zero-order valence-electron chi connectivity index (χ0n) is 7.22. The van der Waals surface area contributed by atoms with Crippen molar-refractivity contribution in [2.45, 2.75) is 12.8 Å². The van der Waals surface area contributed by atoms with E-state index in [-0.39, 0.29) is 0 Å². The number of rotatable bonds is 0.